The molecule has 18 heavy (non-hydrogen) atoms. The summed E-state index contributed by atoms with van der Waals surface area (Å²) in [4.78, 5) is 4.13. The number of allylic oxidation sites excluding steroid dienone is 1. The van der Waals surface area contributed by atoms with E-state index in [1.165, 1.54) is 16.7 Å². The van der Waals surface area contributed by atoms with Crippen molar-refractivity contribution in [2.24, 2.45) is 0 Å². The number of hydrogen-bond acceptors (Lipinski definition) is 1. The van der Waals surface area contributed by atoms with E-state index in [9.17, 15) is 0 Å². The summed E-state index contributed by atoms with van der Waals surface area (Å²) in [7, 11) is 0. The van der Waals surface area contributed by atoms with E-state index < -0.39 is 0 Å². The third kappa shape index (κ3) is 2.43. The van der Waals surface area contributed by atoms with E-state index in [2.05, 4.69) is 23.2 Å². The van der Waals surface area contributed by atoms with Crippen LogP contribution in [0.3, 0.4) is 0 Å². The molecule has 0 bridgehead atoms. The van der Waals surface area contributed by atoms with Crippen molar-refractivity contribution >= 4 is 35.7 Å². The van der Waals surface area contributed by atoms with Gasteiger partial charge in [-0.05, 0) is 53.3 Å². The third-order valence-electron chi connectivity index (χ3n) is 3.13. The molecule has 0 saturated heterocycles. The van der Waals surface area contributed by atoms with Gasteiger partial charge in [0.2, 0.25) is 0 Å². The van der Waals surface area contributed by atoms with E-state index in [1.54, 1.807) is 6.20 Å². The van der Waals surface area contributed by atoms with Crippen LogP contribution in [0.5, 0.6) is 0 Å². The number of nitrogens with zero attached hydrogens (tertiary/aromatic N) is 1. The van der Waals surface area contributed by atoms with Crippen molar-refractivity contribution in [1.29, 1.82) is 0 Å². The second-order valence-corrected chi connectivity index (χ2v) is 4.63. The average molecular weight is 278 g/mol. The first kappa shape index (κ1) is 13.1. The van der Waals surface area contributed by atoms with Gasteiger partial charge in [0, 0.05) is 17.4 Å². The summed E-state index contributed by atoms with van der Waals surface area (Å²) < 4.78 is 0. The minimum Gasteiger partial charge on any atom is -0.264 e. The van der Waals surface area contributed by atoms with Gasteiger partial charge in [0.05, 0.1) is 0 Å². The zero-order chi connectivity index (χ0) is 11.7. The molecule has 1 aliphatic rings. The van der Waals surface area contributed by atoms with Gasteiger partial charge in [0.25, 0.3) is 0 Å². The maximum atomic E-state index is 6.20. The van der Waals surface area contributed by atoms with Crippen molar-refractivity contribution in [2.75, 3.05) is 0 Å². The molecule has 0 fully saturated rings. The molecule has 0 unspecified atom stereocenters. The third-order valence-corrected chi connectivity index (χ3v) is 3.49. The summed E-state index contributed by atoms with van der Waals surface area (Å²) in [5.74, 6) is 0. The molecule has 2 aromatic rings. The molecule has 0 radical (unpaired) electrons. The highest BCUT2D eigenvalue weighted by atomic mass is 35.5. The van der Waals surface area contributed by atoms with Crippen molar-refractivity contribution in [3.8, 4) is 0 Å². The van der Waals surface area contributed by atoms with Crippen molar-refractivity contribution in [2.45, 2.75) is 12.8 Å². The number of rotatable bonds is 1. The Labute approximate surface area is 118 Å². The lowest BCUT2D eigenvalue weighted by Crippen LogP contribution is -1.82. The fourth-order valence-electron chi connectivity index (χ4n) is 2.32. The van der Waals surface area contributed by atoms with Gasteiger partial charge < -0.3 is 0 Å². The fourth-order valence-corrected chi connectivity index (χ4v) is 2.59. The first-order chi connectivity index (χ1) is 8.34. The van der Waals surface area contributed by atoms with Gasteiger partial charge in [-0.3, -0.25) is 4.98 Å². The predicted molar refractivity (Wildman–Crippen MR) is 79.1 cm³/mol. The summed E-state index contributed by atoms with van der Waals surface area (Å²) in [6.45, 7) is 0. The van der Waals surface area contributed by atoms with Crippen LogP contribution in [0.15, 0.2) is 42.7 Å². The molecular formula is C15H13Cl2N. The SMILES string of the molecule is Cl.Clc1cccc2c1CCC2=Cc1cccnc1. The largest absolute Gasteiger partial charge is 0.264 e. The highest BCUT2D eigenvalue weighted by Gasteiger charge is 2.17. The molecule has 1 heterocycles. The number of aromatic nitrogens is 1. The maximum Gasteiger partial charge on any atom is 0.0444 e. The molecule has 1 nitrogen and oxygen atoms in total. The first-order valence-electron chi connectivity index (χ1n) is 5.73. The van der Waals surface area contributed by atoms with Crippen LogP contribution in [0.1, 0.15) is 23.1 Å². The van der Waals surface area contributed by atoms with E-state index in [0.717, 1.165) is 23.4 Å². The Kier molecular flexibility index (Phi) is 4.05. The van der Waals surface area contributed by atoms with Crippen molar-refractivity contribution in [1.82, 2.24) is 4.98 Å². The minimum absolute atomic E-state index is 0. The summed E-state index contributed by atoms with van der Waals surface area (Å²) in [6, 6.07) is 10.2. The number of hydrogen-bond donors (Lipinski definition) is 0. The Morgan fingerprint density at radius 2 is 2.00 bits per heavy atom. The van der Waals surface area contributed by atoms with Crippen molar-refractivity contribution in [3.63, 3.8) is 0 Å². The molecule has 0 N–H and O–H groups in total. The van der Waals surface area contributed by atoms with Crippen molar-refractivity contribution < 1.29 is 0 Å². The monoisotopic (exact) mass is 277 g/mol. The highest BCUT2D eigenvalue weighted by Crippen LogP contribution is 2.37. The minimum atomic E-state index is 0. The number of benzene rings is 1. The van der Waals surface area contributed by atoms with Gasteiger partial charge >= 0.3 is 0 Å². The van der Waals surface area contributed by atoms with Crippen LogP contribution in [0.2, 0.25) is 5.02 Å². The number of fused-ring (bicyclic) bond motifs is 1. The lowest BCUT2D eigenvalue weighted by atomic mass is 10.1. The molecule has 0 atom stereocenters. The van der Waals surface area contributed by atoms with Crippen LogP contribution in [-0.2, 0) is 6.42 Å². The lowest BCUT2D eigenvalue weighted by Gasteiger charge is -2.02. The van der Waals surface area contributed by atoms with E-state index in [4.69, 9.17) is 11.6 Å². The van der Waals surface area contributed by atoms with Gasteiger partial charge in [0.15, 0.2) is 0 Å². The molecule has 0 saturated carbocycles. The summed E-state index contributed by atoms with van der Waals surface area (Å²) in [5.41, 5.74) is 5.08. The molecule has 1 aromatic heterocycles. The molecule has 3 rings (SSSR count). The molecule has 1 aliphatic carbocycles. The number of halogens is 2. The second-order valence-electron chi connectivity index (χ2n) is 4.22. The number of pyridine rings is 1. The van der Waals surface area contributed by atoms with Crippen LogP contribution in [0.25, 0.3) is 11.6 Å². The van der Waals surface area contributed by atoms with Gasteiger partial charge in [-0.2, -0.15) is 0 Å². The van der Waals surface area contributed by atoms with Crippen LogP contribution in [0.4, 0.5) is 0 Å². The molecule has 0 aliphatic heterocycles. The summed E-state index contributed by atoms with van der Waals surface area (Å²) in [5, 5.41) is 0.886. The summed E-state index contributed by atoms with van der Waals surface area (Å²) >= 11 is 6.20. The zero-order valence-electron chi connectivity index (χ0n) is 9.77. The molecule has 92 valence electrons. The fraction of sp³-hybridized carbons (Fsp3) is 0.133. The van der Waals surface area contributed by atoms with E-state index in [0.29, 0.717) is 0 Å². The van der Waals surface area contributed by atoms with Crippen LogP contribution in [0, 0.1) is 0 Å². The van der Waals surface area contributed by atoms with Crippen LogP contribution < -0.4 is 0 Å². The predicted octanol–water partition coefficient (Wildman–Crippen LogP) is 4.64. The zero-order valence-corrected chi connectivity index (χ0v) is 11.3. The molecule has 0 spiro atoms. The Balaban J connectivity index is 0.00000120. The van der Waals surface area contributed by atoms with E-state index in [1.807, 2.05) is 24.4 Å². The van der Waals surface area contributed by atoms with Crippen LogP contribution >= 0.6 is 24.0 Å². The standard InChI is InChI=1S/C15H12ClN.ClH/c16-15-5-1-4-13-12(6-7-14(13)15)9-11-3-2-8-17-10-11;/h1-5,8-10H,6-7H2;1H. The van der Waals surface area contributed by atoms with E-state index >= 15 is 0 Å². The highest BCUT2D eigenvalue weighted by molar-refractivity contribution is 6.31. The Morgan fingerprint density at radius 1 is 1.11 bits per heavy atom. The Bertz CT molecular complexity index is 576. The van der Waals surface area contributed by atoms with Gasteiger partial charge in [-0.25, -0.2) is 0 Å². The molecule has 1 aromatic carbocycles. The van der Waals surface area contributed by atoms with Gasteiger partial charge in [-0.15, -0.1) is 12.4 Å². The topological polar surface area (TPSA) is 12.9 Å². The van der Waals surface area contributed by atoms with Gasteiger partial charge in [0.1, 0.15) is 0 Å². The molecule has 0 amide bonds. The molecular weight excluding hydrogens is 265 g/mol. The maximum absolute atomic E-state index is 6.20. The Hall–Kier alpha value is -1.31. The van der Waals surface area contributed by atoms with Gasteiger partial charge in [-0.1, -0.05) is 29.8 Å². The second kappa shape index (κ2) is 5.55. The molecule has 3 heteroatoms. The lowest BCUT2D eigenvalue weighted by molar-refractivity contribution is 1.08. The average Bonchev–Trinajstić information content (AvgIpc) is 2.76. The van der Waals surface area contributed by atoms with E-state index in [-0.39, 0.29) is 12.4 Å². The smallest absolute Gasteiger partial charge is 0.0444 e. The van der Waals surface area contributed by atoms with Crippen LogP contribution in [-0.4, -0.2) is 4.98 Å². The normalized spacial score (nSPS) is 15.3. The summed E-state index contributed by atoms with van der Waals surface area (Å²) in [6.07, 6.45) is 7.99. The quantitative estimate of drug-likeness (QED) is 0.740. The first-order valence-corrected chi connectivity index (χ1v) is 6.11. The Morgan fingerprint density at radius 3 is 2.78 bits per heavy atom. The van der Waals surface area contributed by atoms with Crippen molar-refractivity contribution in [3.05, 3.63) is 64.4 Å².